The predicted octanol–water partition coefficient (Wildman–Crippen LogP) is 2.85. The van der Waals surface area contributed by atoms with Crippen molar-refractivity contribution in [2.75, 3.05) is 0 Å². The summed E-state index contributed by atoms with van der Waals surface area (Å²) in [7, 11) is 0. The van der Waals surface area contributed by atoms with E-state index >= 15 is 0 Å². The molecule has 5 nitrogen and oxygen atoms in total. The fourth-order valence-corrected chi connectivity index (χ4v) is 2.75. The Morgan fingerprint density at radius 2 is 2.10 bits per heavy atom. The number of carboxylic acid groups (broad SMARTS) is 1. The van der Waals surface area contributed by atoms with Gasteiger partial charge in [-0.05, 0) is 18.8 Å². The van der Waals surface area contributed by atoms with Gasteiger partial charge < -0.3 is 14.8 Å². The lowest BCUT2D eigenvalue weighted by Gasteiger charge is -2.29. The Hall–Kier alpha value is -1.78. The van der Waals surface area contributed by atoms with Gasteiger partial charge in [0.25, 0.3) is 5.91 Å². The Balaban J connectivity index is 2.11. The standard InChI is InChI=1S/C15H21NO4/c1-3-12-10(15(18)19)8-13(20-12)14(17)16-11-7-5-4-6-9(11)2/h8-9,11H,3-7H2,1-2H3,(H,16,17)(H,18,19). The summed E-state index contributed by atoms with van der Waals surface area (Å²) in [6, 6.07) is 1.48. The molecule has 1 heterocycles. The van der Waals surface area contributed by atoms with Gasteiger partial charge in [0.15, 0.2) is 5.76 Å². The fraction of sp³-hybridized carbons (Fsp3) is 0.600. The molecule has 1 aromatic rings. The average Bonchev–Trinajstić information content (AvgIpc) is 2.86. The SMILES string of the molecule is CCc1oc(C(=O)NC2CCCCC2C)cc1C(=O)O. The maximum atomic E-state index is 12.2. The number of aromatic carboxylic acids is 1. The van der Waals surface area contributed by atoms with Crippen molar-refractivity contribution in [1.82, 2.24) is 5.32 Å². The van der Waals surface area contributed by atoms with Gasteiger partial charge in [-0.25, -0.2) is 4.79 Å². The summed E-state index contributed by atoms with van der Waals surface area (Å²) in [5, 5.41) is 12.0. The quantitative estimate of drug-likeness (QED) is 0.888. The molecule has 110 valence electrons. The number of carbonyl (C=O) groups excluding carboxylic acids is 1. The van der Waals surface area contributed by atoms with Gasteiger partial charge in [0, 0.05) is 18.5 Å². The average molecular weight is 279 g/mol. The number of nitrogens with one attached hydrogen (secondary N) is 1. The second-order valence-electron chi connectivity index (χ2n) is 5.45. The third-order valence-electron chi connectivity index (χ3n) is 4.01. The molecule has 5 heteroatoms. The van der Waals surface area contributed by atoms with Gasteiger partial charge in [-0.1, -0.05) is 26.7 Å². The van der Waals surface area contributed by atoms with Gasteiger partial charge in [-0.15, -0.1) is 0 Å². The van der Waals surface area contributed by atoms with Crippen LogP contribution in [0.2, 0.25) is 0 Å². The molecule has 1 saturated carbocycles. The van der Waals surface area contributed by atoms with Crippen molar-refractivity contribution in [3.63, 3.8) is 0 Å². The van der Waals surface area contributed by atoms with Crippen molar-refractivity contribution in [1.29, 1.82) is 0 Å². The van der Waals surface area contributed by atoms with E-state index in [0.29, 0.717) is 18.1 Å². The number of hydrogen-bond acceptors (Lipinski definition) is 3. The predicted molar refractivity (Wildman–Crippen MR) is 73.9 cm³/mol. The molecule has 2 N–H and O–H groups in total. The Morgan fingerprint density at radius 1 is 1.40 bits per heavy atom. The minimum absolute atomic E-state index is 0.0781. The minimum Gasteiger partial charge on any atom is -0.478 e. The van der Waals surface area contributed by atoms with Crippen LogP contribution in [0, 0.1) is 5.92 Å². The number of rotatable bonds is 4. The Bertz CT molecular complexity index is 506. The molecular weight excluding hydrogens is 258 g/mol. The molecule has 0 aliphatic heterocycles. The van der Waals surface area contributed by atoms with Crippen molar-refractivity contribution in [2.24, 2.45) is 5.92 Å². The number of aryl methyl sites for hydroxylation is 1. The van der Waals surface area contributed by atoms with Crippen LogP contribution in [0.3, 0.4) is 0 Å². The first kappa shape index (κ1) is 14.6. The summed E-state index contributed by atoms with van der Waals surface area (Å²) in [5.41, 5.74) is 0.0781. The van der Waals surface area contributed by atoms with E-state index in [4.69, 9.17) is 9.52 Å². The van der Waals surface area contributed by atoms with Crippen LogP contribution in [-0.4, -0.2) is 23.0 Å². The van der Waals surface area contributed by atoms with Crippen molar-refractivity contribution in [2.45, 2.75) is 52.0 Å². The summed E-state index contributed by atoms with van der Waals surface area (Å²) in [6.07, 6.45) is 4.87. The van der Waals surface area contributed by atoms with Crippen molar-refractivity contribution in [3.8, 4) is 0 Å². The Morgan fingerprint density at radius 3 is 2.65 bits per heavy atom. The minimum atomic E-state index is -1.06. The zero-order chi connectivity index (χ0) is 14.7. The lowest BCUT2D eigenvalue weighted by Crippen LogP contribution is -2.40. The van der Waals surface area contributed by atoms with E-state index in [0.717, 1.165) is 19.3 Å². The number of furan rings is 1. The van der Waals surface area contributed by atoms with Crippen LogP contribution >= 0.6 is 0 Å². The van der Waals surface area contributed by atoms with E-state index in [2.05, 4.69) is 12.2 Å². The summed E-state index contributed by atoms with van der Waals surface area (Å²) < 4.78 is 5.37. The van der Waals surface area contributed by atoms with E-state index in [9.17, 15) is 9.59 Å². The summed E-state index contributed by atoms with van der Waals surface area (Å²) in [5.74, 6) is -0.481. The second kappa shape index (κ2) is 6.11. The van der Waals surface area contributed by atoms with Crippen molar-refractivity contribution >= 4 is 11.9 Å². The van der Waals surface area contributed by atoms with Crippen LogP contribution in [-0.2, 0) is 6.42 Å². The molecule has 20 heavy (non-hydrogen) atoms. The first-order chi connectivity index (χ1) is 9.52. The molecule has 0 radical (unpaired) electrons. The third kappa shape index (κ3) is 3.03. The zero-order valence-electron chi connectivity index (χ0n) is 11.9. The van der Waals surface area contributed by atoms with E-state index in [1.165, 1.54) is 12.5 Å². The lowest BCUT2D eigenvalue weighted by atomic mass is 9.86. The first-order valence-electron chi connectivity index (χ1n) is 7.19. The maximum absolute atomic E-state index is 12.2. The fourth-order valence-electron chi connectivity index (χ4n) is 2.75. The summed E-state index contributed by atoms with van der Waals surface area (Å²) >= 11 is 0. The molecule has 0 saturated heterocycles. The monoisotopic (exact) mass is 279 g/mol. The van der Waals surface area contributed by atoms with Crippen LogP contribution in [0.15, 0.2) is 10.5 Å². The molecule has 1 aliphatic carbocycles. The maximum Gasteiger partial charge on any atom is 0.339 e. The van der Waals surface area contributed by atoms with E-state index < -0.39 is 5.97 Å². The van der Waals surface area contributed by atoms with Crippen LogP contribution in [0.5, 0.6) is 0 Å². The molecular formula is C15H21NO4. The largest absolute Gasteiger partial charge is 0.478 e. The van der Waals surface area contributed by atoms with Crippen LogP contribution in [0.1, 0.15) is 66.2 Å². The third-order valence-corrected chi connectivity index (χ3v) is 4.01. The molecule has 2 unspecified atom stereocenters. The van der Waals surface area contributed by atoms with Crippen molar-refractivity contribution < 1.29 is 19.1 Å². The van der Waals surface area contributed by atoms with Crippen LogP contribution < -0.4 is 5.32 Å². The van der Waals surface area contributed by atoms with E-state index in [1.807, 2.05) is 0 Å². The van der Waals surface area contributed by atoms with Gasteiger partial charge in [0.05, 0.1) is 0 Å². The molecule has 2 atom stereocenters. The van der Waals surface area contributed by atoms with E-state index in [1.54, 1.807) is 6.92 Å². The normalized spacial score (nSPS) is 22.5. The number of hydrogen-bond donors (Lipinski definition) is 2. The Labute approximate surface area is 118 Å². The number of amides is 1. The van der Waals surface area contributed by atoms with Gasteiger partial charge >= 0.3 is 5.97 Å². The molecule has 2 rings (SSSR count). The molecule has 1 aliphatic rings. The molecule has 0 spiro atoms. The zero-order valence-corrected chi connectivity index (χ0v) is 11.9. The smallest absolute Gasteiger partial charge is 0.339 e. The highest BCUT2D eigenvalue weighted by molar-refractivity contribution is 5.96. The second-order valence-corrected chi connectivity index (χ2v) is 5.45. The molecule has 1 fully saturated rings. The lowest BCUT2D eigenvalue weighted by molar-refractivity contribution is 0.0694. The summed E-state index contributed by atoms with van der Waals surface area (Å²) in [6.45, 7) is 3.93. The molecule has 1 aromatic heterocycles. The van der Waals surface area contributed by atoms with Crippen LogP contribution in [0.4, 0.5) is 0 Å². The Kier molecular flexibility index (Phi) is 4.47. The highest BCUT2D eigenvalue weighted by Crippen LogP contribution is 2.24. The van der Waals surface area contributed by atoms with Gasteiger partial charge in [0.1, 0.15) is 11.3 Å². The highest BCUT2D eigenvalue weighted by Gasteiger charge is 2.26. The molecule has 1 amide bonds. The number of carboxylic acids is 1. The first-order valence-corrected chi connectivity index (χ1v) is 7.19. The van der Waals surface area contributed by atoms with E-state index in [-0.39, 0.29) is 23.3 Å². The van der Waals surface area contributed by atoms with Gasteiger partial charge in [0.2, 0.25) is 0 Å². The molecule has 0 aromatic carbocycles. The highest BCUT2D eigenvalue weighted by atomic mass is 16.4. The van der Waals surface area contributed by atoms with Crippen LogP contribution in [0.25, 0.3) is 0 Å². The van der Waals surface area contributed by atoms with Crippen molar-refractivity contribution in [3.05, 3.63) is 23.2 Å². The van der Waals surface area contributed by atoms with Gasteiger partial charge in [-0.3, -0.25) is 4.79 Å². The summed E-state index contributed by atoms with van der Waals surface area (Å²) in [4.78, 5) is 23.2. The number of carbonyl (C=O) groups is 2. The molecule has 0 bridgehead atoms. The topological polar surface area (TPSA) is 79.5 Å². The van der Waals surface area contributed by atoms with Gasteiger partial charge in [-0.2, -0.15) is 0 Å².